The van der Waals surface area contributed by atoms with Gasteiger partial charge in [-0.15, -0.1) is 0 Å². The van der Waals surface area contributed by atoms with Gasteiger partial charge in [0.25, 0.3) is 0 Å². The Bertz CT molecular complexity index is 310. The van der Waals surface area contributed by atoms with Crippen LogP contribution in [0.25, 0.3) is 0 Å². The van der Waals surface area contributed by atoms with Crippen molar-refractivity contribution >= 4 is 11.8 Å². The molecule has 4 nitrogen and oxygen atoms in total. The Morgan fingerprint density at radius 1 is 1.75 bits per heavy atom. The molecular formula is C8H10N2O2. The number of nitrogens with zero attached hydrogens (tertiary/aromatic N) is 1. The summed E-state index contributed by atoms with van der Waals surface area (Å²) in [6.45, 7) is 1.93. The summed E-state index contributed by atoms with van der Waals surface area (Å²) in [4.78, 5) is 14.3. The van der Waals surface area contributed by atoms with Gasteiger partial charge in [-0.25, -0.2) is 9.78 Å². The second-order valence-electron chi connectivity index (χ2n) is 2.44. The lowest BCUT2D eigenvalue weighted by Crippen LogP contribution is -2.05. The van der Waals surface area contributed by atoms with Crippen LogP contribution in [0.15, 0.2) is 12.3 Å². The van der Waals surface area contributed by atoms with Crippen molar-refractivity contribution in [3.8, 4) is 0 Å². The Hall–Kier alpha value is -1.58. The minimum atomic E-state index is -1.03. The number of rotatable bonds is 2. The maximum Gasteiger partial charge on any atom is 0.339 e. The molecule has 1 aromatic heterocycles. The molecule has 0 fully saturated rings. The fourth-order valence-corrected chi connectivity index (χ4v) is 0.883. The van der Waals surface area contributed by atoms with Crippen LogP contribution in [0, 0.1) is 0 Å². The molecule has 0 amide bonds. The maximum atomic E-state index is 10.6. The first kappa shape index (κ1) is 8.52. The van der Waals surface area contributed by atoms with E-state index in [4.69, 9.17) is 10.8 Å². The van der Waals surface area contributed by atoms with Crippen molar-refractivity contribution in [2.75, 3.05) is 5.73 Å². The molecule has 0 aliphatic carbocycles. The highest BCUT2D eigenvalue weighted by atomic mass is 16.4. The zero-order valence-electron chi connectivity index (χ0n) is 6.74. The number of aromatic nitrogens is 1. The molecule has 0 unspecified atom stereocenters. The smallest absolute Gasteiger partial charge is 0.339 e. The van der Waals surface area contributed by atoms with Gasteiger partial charge in [-0.05, 0) is 18.1 Å². The zero-order chi connectivity index (χ0) is 9.14. The quantitative estimate of drug-likeness (QED) is 0.685. The van der Waals surface area contributed by atoms with Crippen molar-refractivity contribution in [2.24, 2.45) is 0 Å². The predicted molar refractivity (Wildman–Crippen MR) is 45.0 cm³/mol. The molecule has 1 aromatic rings. The number of carbonyl (C=O) groups is 1. The number of hydrogen-bond donors (Lipinski definition) is 2. The Kier molecular flexibility index (Phi) is 2.28. The number of aromatic carboxylic acids is 1. The average molecular weight is 166 g/mol. The first-order valence-corrected chi connectivity index (χ1v) is 3.62. The van der Waals surface area contributed by atoms with E-state index in [-0.39, 0.29) is 11.4 Å². The predicted octanol–water partition coefficient (Wildman–Crippen LogP) is 0.924. The summed E-state index contributed by atoms with van der Waals surface area (Å²) in [5.41, 5.74) is 6.31. The van der Waals surface area contributed by atoms with Crippen molar-refractivity contribution in [3.05, 3.63) is 23.4 Å². The molecule has 3 N–H and O–H groups in total. The third kappa shape index (κ3) is 1.53. The summed E-state index contributed by atoms with van der Waals surface area (Å²) >= 11 is 0. The lowest BCUT2D eigenvalue weighted by Gasteiger charge is -2.01. The van der Waals surface area contributed by atoms with Crippen molar-refractivity contribution < 1.29 is 9.90 Å². The number of nitrogen functional groups attached to an aromatic ring is 1. The van der Waals surface area contributed by atoms with Gasteiger partial charge in [0, 0.05) is 6.20 Å². The standard InChI is InChI=1S/C8H10N2O2/c1-2-5-3-6(8(11)12)7(9)10-4-5/h3-4H,2H2,1H3,(H2,9,10)(H,11,12). The van der Waals surface area contributed by atoms with Crippen LogP contribution in [-0.2, 0) is 6.42 Å². The fraction of sp³-hybridized carbons (Fsp3) is 0.250. The fourth-order valence-electron chi connectivity index (χ4n) is 0.883. The van der Waals surface area contributed by atoms with E-state index >= 15 is 0 Å². The summed E-state index contributed by atoms with van der Waals surface area (Å²) in [6, 6.07) is 1.55. The highest BCUT2D eigenvalue weighted by Gasteiger charge is 2.08. The first-order valence-electron chi connectivity index (χ1n) is 3.62. The summed E-state index contributed by atoms with van der Waals surface area (Å²) in [6.07, 6.45) is 2.34. The molecule has 0 saturated carbocycles. The van der Waals surface area contributed by atoms with E-state index in [9.17, 15) is 4.79 Å². The third-order valence-electron chi connectivity index (χ3n) is 1.61. The normalized spacial score (nSPS) is 9.75. The lowest BCUT2D eigenvalue weighted by molar-refractivity contribution is 0.0697. The van der Waals surface area contributed by atoms with Crippen molar-refractivity contribution in [1.29, 1.82) is 0 Å². The molecule has 64 valence electrons. The van der Waals surface area contributed by atoms with Crippen LogP contribution in [0.5, 0.6) is 0 Å². The maximum absolute atomic E-state index is 10.6. The largest absolute Gasteiger partial charge is 0.478 e. The molecule has 1 rings (SSSR count). The molecule has 0 bridgehead atoms. The molecule has 0 aliphatic heterocycles. The van der Waals surface area contributed by atoms with Gasteiger partial charge >= 0.3 is 5.97 Å². The first-order chi connectivity index (χ1) is 5.65. The molecule has 0 atom stereocenters. The number of pyridine rings is 1. The Morgan fingerprint density at radius 2 is 2.42 bits per heavy atom. The Labute approximate surface area is 70.0 Å². The molecule has 4 heteroatoms. The Balaban J connectivity index is 3.17. The number of anilines is 1. The van der Waals surface area contributed by atoms with Crippen LogP contribution in [0.1, 0.15) is 22.8 Å². The van der Waals surface area contributed by atoms with Crippen LogP contribution in [0.3, 0.4) is 0 Å². The van der Waals surface area contributed by atoms with Gasteiger partial charge in [0.05, 0.1) is 0 Å². The van der Waals surface area contributed by atoms with Gasteiger partial charge in [-0.1, -0.05) is 6.92 Å². The van der Waals surface area contributed by atoms with E-state index in [1.54, 1.807) is 12.3 Å². The average Bonchev–Trinajstić information content (AvgIpc) is 2.05. The zero-order valence-corrected chi connectivity index (χ0v) is 6.74. The third-order valence-corrected chi connectivity index (χ3v) is 1.61. The van der Waals surface area contributed by atoms with E-state index in [1.807, 2.05) is 6.92 Å². The lowest BCUT2D eigenvalue weighted by atomic mass is 10.1. The van der Waals surface area contributed by atoms with E-state index in [1.165, 1.54) is 0 Å². The van der Waals surface area contributed by atoms with Crippen molar-refractivity contribution in [3.63, 3.8) is 0 Å². The van der Waals surface area contributed by atoms with E-state index < -0.39 is 5.97 Å². The van der Waals surface area contributed by atoms with Crippen molar-refractivity contribution in [2.45, 2.75) is 13.3 Å². The number of carboxylic acid groups (broad SMARTS) is 1. The molecule has 0 radical (unpaired) electrons. The van der Waals surface area contributed by atoms with Gasteiger partial charge < -0.3 is 10.8 Å². The van der Waals surface area contributed by atoms with Crippen molar-refractivity contribution in [1.82, 2.24) is 4.98 Å². The van der Waals surface area contributed by atoms with Crippen LogP contribution < -0.4 is 5.73 Å². The SMILES string of the molecule is CCc1cnc(N)c(C(=O)O)c1. The monoisotopic (exact) mass is 166 g/mol. The second kappa shape index (κ2) is 3.21. The van der Waals surface area contributed by atoms with E-state index in [0.29, 0.717) is 0 Å². The van der Waals surface area contributed by atoms with Gasteiger partial charge in [0.15, 0.2) is 0 Å². The number of aryl methyl sites for hydroxylation is 1. The second-order valence-corrected chi connectivity index (χ2v) is 2.44. The highest BCUT2D eigenvalue weighted by molar-refractivity contribution is 5.92. The molecular weight excluding hydrogens is 156 g/mol. The summed E-state index contributed by atoms with van der Waals surface area (Å²) in [7, 11) is 0. The van der Waals surface area contributed by atoms with E-state index in [0.717, 1.165) is 12.0 Å². The summed E-state index contributed by atoms with van der Waals surface area (Å²) in [5, 5.41) is 8.67. The van der Waals surface area contributed by atoms with Gasteiger partial charge in [-0.3, -0.25) is 0 Å². The van der Waals surface area contributed by atoms with Gasteiger partial charge in [-0.2, -0.15) is 0 Å². The van der Waals surface area contributed by atoms with Gasteiger partial charge in [0.2, 0.25) is 0 Å². The molecule has 0 aromatic carbocycles. The molecule has 0 aliphatic rings. The van der Waals surface area contributed by atoms with Crippen LogP contribution in [0.2, 0.25) is 0 Å². The van der Waals surface area contributed by atoms with Gasteiger partial charge in [0.1, 0.15) is 11.4 Å². The number of nitrogens with two attached hydrogens (primary N) is 1. The Morgan fingerprint density at radius 3 is 2.92 bits per heavy atom. The molecule has 12 heavy (non-hydrogen) atoms. The minimum Gasteiger partial charge on any atom is -0.478 e. The number of hydrogen-bond acceptors (Lipinski definition) is 3. The summed E-state index contributed by atoms with van der Waals surface area (Å²) < 4.78 is 0. The highest BCUT2D eigenvalue weighted by Crippen LogP contribution is 2.10. The number of carboxylic acids is 1. The van der Waals surface area contributed by atoms with Crippen LogP contribution in [-0.4, -0.2) is 16.1 Å². The minimum absolute atomic E-state index is 0.0692. The molecule has 1 heterocycles. The van der Waals surface area contributed by atoms with Crippen LogP contribution in [0.4, 0.5) is 5.82 Å². The van der Waals surface area contributed by atoms with Crippen LogP contribution >= 0.6 is 0 Å². The molecule has 0 spiro atoms. The van der Waals surface area contributed by atoms with E-state index in [2.05, 4.69) is 4.98 Å². The topological polar surface area (TPSA) is 76.2 Å². The molecule has 0 saturated heterocycles. The summed E-state index contributed by atoms with van der Waals surface area (Å²) in [5.74, 6) is -0.963.